The van der Waals surface area contributed by atoms with Gasteiger partial charge in [-0.15, -0.1) is 0 Å². The van der Waals surface area contributed by atoms with Crippen molar-refractivity contribution in [2.75, 3.05) is 13.2 Å². The molecule has 0 fully saturated rings. The minimum atomic E-state index is -0.257. The molecule has 45 heavy (non-hydrogen) atoms. The van der Waals surface area contributed by atoms with Crippen LogP contribution in [0.3, 0.4) is 0 Å². The number of fused-ring (bicyclic) bond motifs is 8. The van der Waals surface area contributed by atoms with E-state index in [-0.39, 0.29) is 24.8 Å². The van der Waals surface area contributed by atoms with Crippen molar-refractivity contribution in [2.24, 2.45) is 0 Å². The Morgan fingerprint density at radius 2 is 1.22 bits per heavy atom. The lowest BCUT2D eigenvalue weighted by atomic mass is 9.95. The molecule has 0 saturated heterocycles. The van der Waals surface area contributed by atoms with E-state index in [1.165, 1.54) is 11.1 Å². The molecule has 0 radical (unpaired) electrons. The molecule has 2 N–H and O–H groups in total. The Kier molecular flexibility index (Phi) is 9.71. The highest BCUT2D eigenvalue weighted by molar-refractivity contribution is 5.97. The van der Waals surface area contributed by atoms with Crippen LogP contribution in [0.1, 0.15) is 106 Å². The van der Waals surface area contributed by atoms with Gasteiger partial charge in [0.2, 0.25) is 0 Å². The van der Waals surface area contributed by atoms with Gasteiger partial charge in [0.05, 0.1) is 36.0 Å². The van der Waals surface area contributed by atoms with E-state index in [0.717, 1.165) is 85.5 Å². The van der Waals surface area contributed by atoms with Crippen LogP contribution in [0.4, 0.5) is 0 Å². The third-order valence-electron chi connectivity index (χ3n) is 8.75. The maximum atomic E-state index is 12.5. The highest BCUT2D eigenvalue weighted by atomic mass is 16.5. The summed E-state index contributed by atoms with van der Waals surface area (Å²) in [6.07, 6.45) is 2.99. The summed E-state index contributed by atoms with van der Waals surface area (Å²) in [5, 5.41) is 0. The number of aromatic amines is 2. The zero-order chi connectivity index (χ0) is 32.2. The average Bonchev–Trinajstić information content (AvgIpc) is 3.69. The molecule has 3 aromatic heterocycles. The minimum absolute atomic E-state index is 0.217. The number of aryl methyl sites for hydroxylation is 3. The van der Waals surface area contributed by atoms with Crippen LogP contribution >= 0.6 is 0 Å². The van der Waals surface area contributed by atoms with E-state index in [2.05, 4.69) is 68.9 Å². The molecule has 8 heteroatoms. The molecule has 3 aromatic rings. The van der Waals surface area contributed by atoms with Crippen LogP contribution in [0.5, 0.6) is 0 Å². The van der Waals surface area contributed by atoms with E-state index in [0.29, 0.717) is 26.1 Å². The lowest BCUT2D eigenvalue weighted by Crippen LogP contribution is -2.05. The van der Waals surface area contributed by atoms with Crippen LogP contribution in [-0.4, -0.2) is 45.1 Å². The van der Waals surface area contributed by atoms with Gasteiger partial charge in [-0.2, -0.15) is 0 Å². The summed E-state index contributed by atoms with van der Waals surface area (Å²) in [7, 11) is 0. The van der Waals surface area contributed by atoms with Crippen molar-refractivity contribution in [3.05, 3.63) is 69.8 Å². The Hall–Kier alpha value is -4.46. The Labute approximate surface area is 265 Å². The molecular weight excluding hydrogens is 564 g/mol. The molecule has 0 aromatic carbocycles. The van der Waals surface area contributed by atoms with Crippen LogP contribution in [0.25, 0.3) is 44.4 Å². The number of ether oxygens (including phenoxy) is 2. The van der Waals surface area contributed by atoms with Crippen molar-refractivity contribution in [2.45, 2.75) is 87.0 Å². The minimum Gasteiger partial charge on any atom is -0.466 e. The SMILES string of the molecule is CCOC(=O)CCC1=C(CCC(=O)OCC)c2cc3[nH]c(cc4cc(C)c(cc5nc(cc1n2)C(CC)=C5C)[nH]4)c(C)c3CC. The summed E-state index contributed by atoms with van der Waals surface area (Å²) < 4.78 is 10.6. The second kappa shape index (κ2) is 13.7. The number of allylic oxidation sites excluding steroid dienone is 4. The van der Waals surface area contributed by atoms with E-state index in [1.54, 1.807) is 0 Å². The number of hydrogen-bond donors (Lipinski definition) is 2. The third-order valence-corrected chi connectivity index (χ3v) is 8.75. The Morgan fingerprint density at radius 3 is 1.82 bits per heavy atom. The molecule has 0 saturated carbocycles. The number of hydrogen-bond acceptors (Lipinski definition) is 6. The predicted octanol–water partition coefficient (Wildman–Crippen LogP) is 8.43. The normalized spacial score (nSPS) is 13.0. The van der Waals surface area contributed by atoms with Crippen LogP contribution < -0.4 is 0 Å². The lowest BCUT2D eigenvalue weighted by Gasteiger charge is -2.09. The van der Waals surface area contributed by atoms with Gasteiger partial charge < -0.3 is 19.4 Å². The highest BCUT2D eigenvalue weighted by Crippen LogP contribution is 2.39. The predicted molar refractivity (Wildman–Crippen MR) is 181 cm³/mol. The van der Waals surface area contributed by atoms with E-state index in [1.807, 2.05) is 19.9 Å². The molecule has 8 nitrogen and oxygen atoms in total. The molecule has 5 heterocycles. The molecule has 5 rings (SSSR count). The summed E-state index contributed by atoms with van der Waals surface area (Å²) in [6, 6.07) is 10.6. The summed E-state index contributed by atoms with van der Waals surface area (Å²) >= 11 is 0. The van der Waals surface area contributed by atoms with E-state index in [9.17, 15) is 9.59 Å². The molecule has 8 bridgehead atoms. The van der Waals surface area contributed by atoms with Gasteiger partial charge in [0, 0.05) is 34.9 Å². The van der Waals surface area contributed by atoms with Crippen molar-refractivity contribution in [1.29, 1.82) is 0 Å². The van der Waals surface area contributed by atoms with Crippen LogP contribution in [-0.2, 0) is 25.5 Å². The number of carbonyl (C=O) groups is 2. The maximum absolute atomic E-state index is 12.5. The largest absolute Gasteiger partial charge is 0.466 e. The number of rotatable bonds is 10. The number of carbonyl (C=O) groups excluding carboxylic acids is 2. The first kappa shape index (κ1) is 31.9. The molecule has 236 valence electrons. The smallest absolute Gasteiger partial charge is 0.306 e. The number of H-pyrrole nitrogens is 2. The lowest BCUT2D eigenvalue weighted by molar-refractivity contribution is -0.143. The van der Waals surface area contributed by atoms with Crippen molar-refractivity contribution >= 4 is 56.3 Å². The van der Waals surface area contributed by atoms with Crippen LogP contribution in [0.15, 0.2) is 30.3 Å². The van der Waals surface area contributed by atoms with Crippen LogP contribution in [0, 0.1) is 13.8 Å². The van der Waals surface area contributed by atoms with Gasteiger partial charge in [0.25, 0.3) is 0 Å². The molecular formula is C37H44N4O4. The Bertz CT molecular complexity index is 1870. The number of esters is 2. The van der Waals surface area contributed by atoms with Crippen molar-refractivity contribution < 1.29 is 19.1 Å². The summed E-state index contributed by atoms with van der Waals surface area (Å²) in [5.74, 6) is -0.513. The molecule has 2 aliphatic rings. The number of aromatic nitrogens is 4. The van der Waals surface area contributed by atoms with E-state index >= 15 is 0 Å². The van der Waals surface area contributed by atoms with Gasteiger partial charge in [0.1, 0.15) is 0 Å². The Morgan fingerprint density at radius 1 is 0.644 bits per heavy atom. The Balaban J connectivity index is 1.85. The number of nitrogens with one attached hydrogen (secondary N) is 2. The van der Waals surface area contributed by atoms with E-state index in [4.69, 9.17) is 19.4 Å². The van der Waals surface area contributed by atoms with E-state index < -0.39 is 0 Å². The molecule has 0 aliphatic carbocycles. The zero-order valence-electron chi connectivity index (χ0n) is 27.6. The first-order chi connectivity index (χ1) is 21.7. The first-order valence-electron chi connectivity index (χ1n) is 16.1. The van der Waals surface area contributed by atoms with Gasteiger partial charge in [-0.25, -0.2) is 9.97 Å². The second-order valence-electron chi connectivity index (χ2n) is 11.6. The summed E-state index contributed by atoms with van der Waals surface area (Å²) in [6.45, 7) is 14.9. The average molecular weight is 609 g/mol. The van der Waals surface area contributed by atoms with Gasteiger partial charge in [0.15, 0.2) is 0 Å². The number of nitrogens with zero attached hydrogens (tertiary/aromatic N) is 2. The molecule has 0 unspecified atom stereocenters. The van der Waals surface area contributed by atoms with Gasteiger partial charge in [-0.05, 0) is 130 Å². The molecule has 0 spiro atoms. The maximum Gasteiger partial charge on any atom is 0.306 e. The second-order valence-corrected chi connectivity index (χ2v) is 11.6. The third kappa shape index (κ3) is 6.65. The first-order valence-corrected chi connectivity index (χ1v) is 16.1. The molecule has 0 atom stereocenters. The molecule has 0 amide bonds. The quantitative estimate of drug-likeness (QED) is 0.224. The summed E-state index contributed by atoms with van der Waals surface area (Å²) in [5.41, 5.74) is 15.1. The monoisotopic (exact) mass is 608 g/mol. The van der Waals surface area contributed by atoms with Gasteiger partial charge in [-0.3, -0.25) is 9.59 Å². The fourth-order valence-corrected chi connectivity index (χ4v) is 6.41. The van der Waals surface area contributed by atoms with Crippen molar-refractivity contribution in [3.63, 3.8) is 0 Å². The molecule has 2 aliphatic heterocycles. The standard InChI is InChI=1S/C37H44N4O4/c1-8-25-22(6)30-17-24-16-21(5)29(38-24)18-31-23(7)26(9-2)33(40-31)20-35-28(13-15-37(43)45-11-4)27(12-14-36(42)44-10-3)34(41-35)19-32(25)39-30/h16-20,38-39H,8-15H2,1-7H3. The fourth-order valence-electron chi connectivity index (χ4n) is 6.41. The summed E-state index contributed by atoms with van der Waals surface area (Å²) in [4.78, 5) is 42.6. The zero-order valence-corrected chi connectivity index (χ0v) is 27.6. The topological polar surface area (TPSA) is 110 Å². The van der Waals surface area contributed by atoms with Gasteiger partial charge >= 0.3 is 11.9 Å². The van der Waals surface area contributed by atoms with Crippen molar-refractivity contribution in [1.82, 2.24) is 19.9 Å². The fraction of sp³-hybridized carbons (Fsp3) is 0.405. The highest BCUT2D eigenvalue weighted by Gasteiger charge is 2.24. The van der Waals surface area contributed by atoms with Crippen molar-refractivity contribution in [3.8, 4) is 0 Å². The van der Waals surface area contributed by atoms with Gasteiger partial charge in [-0.1, -0.05) is 13.8 Å². The van der Waals surface area contributed by atoms with Crippen LogP contribution in [0.2, 0.25) is 0 Å².